The van der Waals surface area contributed by atoms with Crippen molar-refractivity contribution in [2.45, 2.75) is 32.5 Å². The lowest BCUT2D eigenvalue weighted by molar-refractivity contribution is -0.256. The highest BCUT2D eigenvalue weighted by Crippen LogP contribution is 2.59. The van der Waals surface area contributed by atoms with Crippen molar-refractivity contribution in [3.05, 3.63) is 72.3 Å². The van der Waals surface area contributed by atoms with Gasteiger partial charge in [0, 0.05) is 11.6 Å². The van der Waals surface area contributed by atoms with Crippen LogP contribution in [0.15, 0.2) is 66.7 Å². The molecule has 0 amide bonds. The number of carbonyl (C=O) groups is 2. The third-order valence-corrected chi connectivity index (χ3v) is 5.57. The third-order valence-electron chi connectivity index (χ3n) is 5.57. The topological polar surface area (TPSA) is 85.6 Å². The summed E-state index contributed by atoms with van der Waals surface area (Å²) in [6.07, 6.45) is -8.50. The second-order valence-electron chi connectivity index (χ2n) is 8.41. The number of benzene rings is 2. The molecule has 10 heteroatoms. The Kier molecular flexibility index (Phi) is 7.48. The Bertz CT molecular complexity index is 1140. The number of nitrogens with zero attached hydrogens (tertiary/aromatic N) is 1. The molecule has 1 aliphatic carbocycles. The van der Waals surface area contributed by atoms with E-state index < -0.39 is 47.8 Å². The quantitative estimate of drug-likeness (QED) is 0.263. The van der Waals surface area contributed by atoms with Crippen LogP contribution in [-0.2, 0) is 19.1 Å². The molecule has 4 atom stereocenters. The van der Waals surface area contributed by atoms with E-state index in [2.05, 4.69) is 4.74 Å². The van der Waals surface area contributed by atoms with Crippen molar-refractivity contribution in [3.63, 3.8) is 0 Å². The van der Waals surface area contributed by atoms with E-state index in [1.54, 1.807) is 62.4 Å². The van der Waals surface area contributed by atoms with Crippen LogP contribution in [0.1, 0.15) is 25.5 Å². The molecule has 2 aromatic carbocycles. The van der Waals surface area contributed by atoms with Gasteiger partial charge in [0.05, 0.1) is 5.92 Å². The number of rotatable bonds is 8. The van der Waals surface area contributed by atoms with Gasteiger partial charge in [-0.3, -0.25) is 4.79 Å². The minimum Gasteiger partial charge on any atom is -0.457 e. The molecule has 4 unspecified atom stereocenters. The maximum Gasteiger partial charge on any atom is 0.457 e. The predicted molar refractivity (Wildman–Crippen MR) is 114 cm³/mol. The number of halogens is 4. The first-order valence-corrected chi connectivity index (χ1v) is 10.5. The van der Waals surface area contributed by atoms with Gasteiger partial charge in [-0.25, -0.2) is 4.79 Å². The van der Waals surface area contributed by atoms with E-state index in [-0.39, 0.29) is 0 Å². The Morgan fingerprint density at radius 3 is 2.34 bits per heavy atom. The van der Waals surface area contributed by atoms with Gasteiger partial charge < -0.3 is 14.2 Å². The van der Waals surface area contributed by atoms with Gasteiger partial charge in [-0.2, -0.15) is 22.8 Å². The number of hydrogen-bond acceptors (Lipinski definition) is 6. The summed E-state index contributed by atoms with van der Waals surface area (Å²) < 4.78 is 64.1. The minimum absolute atomic E-state index is 0.379. The molecule has 2 aromatic rings. The van der Waals surface area contributed by atoms with Gasteiger partial charge in [-0.1, -0.05) is 50.3 Å². The Balaban J connectivity index is 1.63. The molecule has 0 N–H and O–H groups in total. The average molecular weight is 491 g/mol. The zero-order valence-corrected chi connectivity index (χ0v) is 18.7. The van der Waals surface area contributed by atoms with E-state index in [9.17, 15) is 32.4 Å². The van der Waals surface area contributed by atoms with Crippen molar-refractivity contribution in [2.75, 3.05) is 0 Å². The normalized spacial score (nSPS) is 20.4. The van der Waals surface area contributed by atoms with Crippen LogP contribution < -0.4 is 4.74 Å². The standard InChI is InChI=1S/C25H21F4NO5/c1-24(2)18(11-12-20(31)35-23(26)25(27,28)29)21(24)22(32)34-19(14-30)15-7-6-10-17(13-15)33-16-8-4-3-5-9-16/h3-13,18-19,21,23H,1-2H3/b12-11+. The third kappa shape index (κ3) is 6.38. The number of hydrogen-bond donors (Lipinski definition) is 0. The van der Waals surface area contributed by atoms with Crippen LogP contribution in [0.5, 0.6) is 11.5 Å². The lowest BCUT2D eigenvalue weighted by Gasteiger charge is -2.13. The van der Waals surface area contributed by atoms with Crippen molar-refractivity contribution in [3.8, 4) is 17.6 Å². The summed E-state index contributed by atoms with van der Waals surface area (Å²) in [7, 11) is 0. The number of allylic oxidation sites excluding steroid dienone is 1. The highest BCUT2D eigenvalue weighted by Gasteiger charge is 2.61. The maximum atomic E-state index is 12.8. The van der Waals surface area contributed by atoms with E-state index in [1.807, 2.05) is 12.1 Å². The number of nitriles is 1. The molecule has 0 bridgehead atoms. The Morgan fingerprint density at radius 2 is 1.71 bits per heavy atom. The van der Waals surface area contributed by atoms with Gasteiger partial charge in [0.2, 0.25) is 6.10 Å². The van der Waals surface area contributed by atoms with E-state index in [0.717, 1.165) is 0 Å². The second kappa shape index (κ2) is 10.2. The fraction of sp³-hybridized carbons (Fsp3) is 0.320. The molecule has 0 aromatic heterocycles. The molecule has 0 heterocycles. The molecule has 1 saturated carbocycles. The van der Waals surface area contributed by atoms with Crippen LogP contribution in [0.2, 0.25) is 0 Å². The van der Waals surface area contributed by atoms with Gasteiger partial charge in [0.15, 0.2) is 0 Å². The van der Waals surface area contributed by atoms with Gasteiger partial charge >= 0.3 is 24.5 Å². The Labute approximate surface area is 198 Å². The Morgan fingerprint density at radius 1 is 1.06 bits per heavy atom. The van der Waals surface area contributed by atoms with Gasteiger partial charge in [0.25, 0.3) is 0 Å². The minimum atomic E-state index is -5.33. The molecule has 1 aliphatic rings. The number of carbonyl (C=O) groups excluding carboxylic acids is 2. The van der Waals surface area contributed by atoms with Crippen molar-refractivity contribution in [2.24, 2.45) is 17.3 Å². The largest absolute Gasteiger partial charge is 0.457 e. The summed E-state index contributed by atoms with van der Waals surface area (Å²) in [5, 5.41) is 9.56. The molecular weight excluding hydrogens is 470 g/mol. The van der Waals surface area contributed by atoms with Gasteiger partial charge in [-0.05, 0) is 35.6 Å². The van der Waals surface area contributed by atoms with Crippen LogP contribution in [0.4, 0.5) is 17.6 Å². The number of para-hydroxylation sites is 1. The zero-order chi connectivity index (χ0) is 25.8. The van der Waals surface area contributed by atoms with Crippen LogP contribution in [0, 0.1) is 28.6 Å². The fourth-order valence-electron chi connectivity index (χ4n) is 3.60. The summed E-state index contributed by atoms with van der Waals surface area (Å²) in [5.74, 6) is -2.60. The Hall–Kier alpha value is -3.87. The molecule has 35 heavy (non-hydrogen) atoms. The summed E-state index contributed by atoms with van der Waals surface area (Å²) in [5.41, 5.74) is -0.324. The lowest BCUT2D eigenvalue weighted by atomic mass is 10.1. The van der Waals surface area contributed by atoms with Crippen LogP contribution in [-0.4, -0.2) is 24.5 Å². The first-order valence-electron chi connectivity index (χ1n) is 10.5. The van der Waals surface area contributed by atoms with E-state index >= 15 is 0 Å². The number of alkyl halides is 4. The van der Waals surface area contributed by atoms with Crippen molar-refractivity contribution in [1.29, 1.82) is 5.26 Å². The summed E-state index contributed by atoms with van der Waals surface area (Å²) >= 11 is 0. The highest BCUT2D eigenvalue weighted by atomic mass is 19.4. The highest BCUT2D eigenvalue weighted by molar-refractivity contribution is 5.83. The van der Waals surface area contributed by atoms with E-state index in [4.69, 9.17) is 9.47 Å². The molecule has 0 aliphatic heterocycles. The first kappa shape index (κ1) is 25.7. The van der Waals surface area contributed by atoms with Crippen molar-refractivity contribution < 1.29 is 41.4 Å². The molecule has 6 nitrogen and oxygen atoms in total. The van der Waals surface area contributed by atoms with Crippen molar-refractivity contribution >= 4 is 11.9 Å². The van der Waals surface area contributed by atoms with E-state index in [1.165, 1.54) is 6.08 Å². The molecule has 0 spiro atoms. The smallest absolute Gasteiger partial charge is 0.457 e. The number of ether oxygens (including phenoxy) is 3. The molecule has 1 fully saturated rings. The number of esters is 2. The fourth-order valence-corrected chi connectivity index (χ4v) is 3.60. The average Bonchev–Trinajstić information content (AvgIpc) is 3.36. The monoisotopic (exact) mass is 491 g/mol. The molecule has 3 rings (SSSR count). The summed E-state index contributed by atoms with van der Waals surface area (Å²) in [6, 6.07) is 17.3. The zero-order valence-electron chi connectivity index (χ0n) is 18.7. The van der Waals surface area contributed by atoms with E-state index in [0.29, 0.717) is 23.1 Å². The molecule has 0 saturated heterocycles. The molecule has 184 valence electrons. The first-order chi connectivity index (χ1) is 16.4. The van der Waals surface area contributed by atoms with Crippen LogP contribution >= 0.6 is 0 Å². The summed E-state index contributed by atoms with van der Waals surface area (Å²) in [6.45, 7) is 3.37. The predicted octanol–water partition coefficient (Wildman–Crippen LogP) is 5.82. The summed E-state index contributed by atoms with van der Waals surface area (Å²) in [4.78, 5) is 24.2. The van der Waals surface area contributed by atoms with Crippen molar-refractivity contribution in [1.82, 2.24) is 0 Å². The molecule has 0 radical (unpaired) electrons. The lowest BCUT2D eigenvalue weighted by Crippen LogP contribution is -2.29. The maximum absolute atomic E-state index is 12.8. The SMILES string of the molecule is CC1(C)C(/C=C/C(=O)OC(F)C(F)(F)F)C1C(=O)OC(C#N)c1cccc(Oc2ccccc2)c1. The van der Waals surface area contributed by atoms with Crippen LogP contribution in [0.3, 0.4) is 0 Å². The molecular formula is C25H21F4NO5. The van der Waals surface area contributed by atoms with Gasteiger partial charge in [-0.15, -0.1) is 0 Å². The van der Waals surface area contributed by atoms with Gasteiger partial charge in [0.1, 0.15) is 17.6 Å². The van der Waals surface area contributed by atoms with Crippen LogP contribution in [0.25, 0.3) is 0 Å². The second-order valence-corrected chi connectivity index (χ2v) is 8.41.